The van der Waals surface area contributed by atoms with Gasteiger partial charge < -0.3 is 24.2 Å². The molecule has 0 bridgehead atoms. The van der Waals surface area contributed by atoms with Crippen LogP contribution in [0.5, 0.6) is 0 Å². The molecule has 194 valence electrons. The molecule has 5 fully saturated rings. The number of likely N-dealkylation sites (tertiary alicyclic amines) is 1. The maximum atomic E-state index is 11.8. The van der Waals surface area contributed by atoms with Gasteiger partial charge in [-0.25, -0.2) is 14.8 Å². The maximum absolute atomic E-state index is 11.8. The highest BCUT2D eigenvalue weighted by atomic mass is 16.5. The summed E-state index contributed by atoms with van der Waals surface area (Å²) in [5.41, 5.74) is 1.03. The molecular formula is C26H41N5O4. The minimum atomic E-state index is -0.235. The second kappa shape index (κ2) is 10.4. The molecule has 0 radical (unpaired) electrons. The van der Waals surface area contributed by atoms with Crippen LogP contribution in [-0.2, 0) is 9.47 Å². The van der Waals surface area contributed by atoms with Crippen LogP contribution in [0.2, 0.25) is 0 Å². The van der Waals surface area contributed by atoms with Gasteiger partial charge in [0.1, 0.15) is 0 Å². The highest BCUT2D eigenvalue weighted by Gasteiger charge is 2.50. The van der Waals surface area contributed by atoms with E-state index in [1.54, 1.807) is 4.90 Å². The molecule has 1 saturated carbocycles. The van der Waals surface area contributed by atoms with Gasteiger partial charge in [0.25, 0.3) is 0 Å². The maximum Gasteiger partial charge on any atom is 0.409 e. The fraction of sp³-hybridized carbons (Fsp3) is 0.846. The number of carbonyl (C=O) groups is 1. The van der Waals surface area contributed by atoms with Crippen LogP contribution in [0.25, 0.3) is 0 Å². The van der Waals surface area contributed by atoms with Gasteiger partial charge in [-0.15, -0.1) is 0 Å². The fourth-order valence-electron chi connectivity index (χ4n) is 7.10. The summed E-state index contributed by atoms with van der Waals surface area (Å²) in [7, 11) is 1.44. The third-order valence-corrected chi connectivity index (χ3v) is 9.18. The van der Waals surface area contributed by atoms with E-state index in [0.29, 0.717) is 43.1 Å². The van der Waals surface area contributed by atoms with Gasteiger partial charge in [-0.2, -0.15) is 0 Å². The molecule has 1 amide bonds. The van der Waals surface area contributed by atoms with Crippen molar-refractivity contribution < 1.29 is 18.8 Å². The number of nitrogens with zero attached hydrogens (tertiary/aromatic N) is 4. The van der Waals surface area contributed by atoms with Crippen molar-refractivity contribution in [3.63, 3.8) is 0 Å². The van der Waals surface area contributed by atoms with Gasteiger partial charge in [-0.05, 0) is 32.1 Å². The van der Waals surface area contributed by atoms with Crippen molar-refractivity contribution >= 4 is 6.09 Å². The summed E-state index contributed by atoms with van der Waals surface area (Å²) in [5, 5.41) is 13.8. The van der Waals surface area contributed by atoms with Gasteiger partial charge in [0.2, 0.25) is 0 Å². The number of methoxy groups -OCH3 is 1. The molecule has 4 saturated heterocycles. The smallest absolute Gasteiger partial charge is 0.409 e. The summed E-state index contributed by atoms with van der Waals surface area (Å²) in [6.45, 7) is 5.34. The van der Waals surface area contributed by atoms with E-state index in [9.17, 15) is 4.79 Å². The molecular weight excluding hydrogens is 446 g/mol. The number of hydrazine groups is 1. The van der Waals surface area contributed by atoms with Gasteiger partial charge in [-0.1, -0.05) is 30.8 Å². The first-order valence-electron chi connectivity index (χ1n) is 13.9. The summed E-state index contributed by atoms with van der Waals surface area (Å²) in [6.07, 6.45) is 10.8. The molecule has 6 rings (SSSR count). The number of nitrogens with one attached hydrogen (secondary N) is 1. The van der Waals surface area contributed by atoms with Gasteiger partial charge in [0, 0.05) is 56.2 Å². The lowest BCUT2D eigenvalue weighted by Crippen LogP contribution is -2.60. The Morgan fingerprint density at radius 1 is 1.09 bits per heavy atom. The number of rotatable bonds is 4. The Morgan fingerprint density at radius 3 is 2.54 bits per heavy atom. The van der Waals surface area contributed by atoms with Crippen LogP contribution >= 0.6 is 0 Å². The van der Waals surface area contributed by atoms with Crippen LogP contribution in [0.3, 0.4) is 0 Å². The van der Waals surface area contributed by atoms with Crippen molar-refractivity contribution in [1.29, 1.82) is 0 Å². The van der Waals surface area contributed by atoms with E-state index < -0.39 is 0 Å². The Kier molecular flexibility index (Phi) is 7.02. The molecule has 0 spiro atoms. The minimum absolute atomic E-state index is 0.199. The van der Waals surface area contributed by atoms with E-state index in [2.05, 4.69) is 26.6 Å². The molecule has 1 N–H and O–H groups in total. The van der Waals surface area contributed by atoms with Gasteiger partial charge in [0.05, 0.1) is 38.1 Å². The molecule has 5 heterocycles. The molecule has 3 unspecified atom stereocenters. The Hall–Kier alpha value is -1.68. The van der Waals surface area contributed by atoms with Crippen molar-refractivity contribution in [3.05, 3.63) is 17.5 Å². The Balaban J connectivity index is 1.12. The van der Waals surface area contributed by atoms with Crippen LogP contribution in [0.15, 0.2) is 10.6 Å². The molecule has 0 aromatic carbocycles. The van der Waals surface area contributed by atoms with Crippen molar-refractivity contribution in [1.82, 2.24) is 25.4 Å². The molecule has 3 atom stereocenters. The normalized spacial score (nSPS) is 32.3. The zero-order chi connectivity index (χ0) is 23.8. The zero-order valence-corrected chi connectivity index (χ0v) is 21.1. The van der Waals surface area contributed by atoms with E-state index in [1.807, 2.05) is 0 Å². The molecule has 5 aliphatic rings. The Morgan fingerprint density at radius 2 is 1.86 bits per heavy atom. The zero-order valence-electron chi connectivity index (χ0n) is 21.1. The van der Waals surface area contributed by atoms with Crippen LogP contribution in [-0.4, -0.2) is 90.8 Å². The Bertz CT molecular complexity index is 860. The molecule has 4 aliphatic heterocycles. The summed E-state index contributed by atoms with van der Waals surface area (Å²) in [6, 6.07) is 4.12. The van der Waals surface area contributed by atoms with Gasteiger partial charge in [0.15, 0.2) is 5.76 Å². The number of ether oxygens (including phenoxy) is 2. The third-order valence-electron chi connectivity index (χ3n) is 9.18. The van der Waals surface area contributed by atoms with Crippen LogP contribution in [0.1, 0.15) is 81.2 Å². The average Bonchev–Trinajstić information content (AvgIpc) is 3.39. The average molecular weight is 488 g/mol. The molecule has 1 aliphatic carbocycles. The first kappa shape index (κ1) is 23.7. The third kappa shape index (κ3) is 4.72. The highest BCUT2D eigenvalue weighted by molar-refractivity contribution is 5.67. The lowest BCUT2D eigenvalue weighted by Gasteiger charge is -2.47. The van der Waals surface area contributed by atoms with Crippen LogP contribution in [0.4, 0.5) is 4.79 Å². The summed E-state index contributed by atoms with van der Waals surface area (Å²) >= 11 is 0. The molecule has 9 nitrogen and oxygen atoms in total. The number of amides is 1. The molecule has 9 heteroatoms. The van der Waals surface area contributed by atoms with E-state index in [4.69, 9.17) is 14.0 Å². The lowest BCUT2D eigenvalue weighted by atomic mass is 9.88. The van der Waals surface area contributed by atoms with Crippen LogP contribution < -0.4 is 5.32 Å². The van der Waals surface area contributed by atoms with Gasteiger partial charge in [-0.3, -0.25) is 0 Å². The minimum Gasteiger partial charge on any atom is -0.453 e. The van der Waals surface area contributed by atoms with E-state index in [-0.39, 0.29) is 12.1 Å². The number of piperidine rings is 2. The summed E-state index contributed by atoms with van der Waals surface area (Å²) < 4.78 is 16.4. The van der Waals surface area contributed by atoms with E-state index in [1.165, 1.54) is 52.2 Å². The topological polar surface area (TPSA) is 83.3 Å². The van der Waals surface area contributed by atoms with Crippen molar-refractivity contribution in [2.24, 2.45) is 5.92 Å². The first-order valence-corrected chi connectivity index (χ1v) is 13.9. The predicted molar refractivity (Wildman–Crippen MR) is 130 cm³/mol. The predicted octanol–water partition coefficient (Wildman–Crippen LogP) is 3.29. The largest absolute Gasteiger partial charge is 0.453 e. The standard InChI is InChI=1S/C26H41N5O4/c1-33-26(32)29-10-8-18(9-11-29)22-13-25(35-28-22)23-12-24-19(14-27-23)15-30(31(24)21-16-34-17-21)20-6-4-2-3-5-7-20/h13,18-21,23-24,27H,2-12,14-17H2,1H3. The molecule has 1 aromatic rings. The lowest BCUT2D eigenvalue weighted by molar-refractivity contribution is -0.165. The van der Waals surface area contributed by atoms with Crippen molar-refractivity contribution in [3.8, 4) is 0 Å². The number of fused-ring (bicyclic) bond motifs is 1. The second-order valence-electron chi connectivity index (χ2n) is 11.2. The quantitative estimate of drug-likeness (QED) is 0.648. The summed E-state index contributed by atoms with van der Waals surface area (Å²) in [5.74, 6) is 1.96. The molecule has 35 heavy (non-hydrogen) atoms. The van der Waals surface area contributed by atoms with Crippen molar-refractivity contribution in [2.75, 3.05) is 46.5 Å². The highest BCUT2D eigenvalue weighted by Crippen LogP contribution is 2.41. The summed E-state index contributed by atoms with van der Waals surface area (Å²) in [4.78, 5) is 13.6. The number of aromatic nitrogens is 1. The first-order chi connectivity index (χ1) is 17.2. The monoisotopic (exact) mass is 487 g/mol. The number of carbonyl (C=O) groups excluding carboxylic acids is 1. The second-order valence-corrected chi connectivity index (χ2v) is 11.2. The SMILES string of the molecule is COC(=O)N1CCC(c2cc(C3CC4C(CN3)CN(C3CCCCCC3)N4C3COC3)on2)CC1. The van der Waals surface area contributed by atoms with Gasteiger partial charge >= 0.3 is 6.09 Å². The molecule has 1 aromatic heterocycles. The van der Waals surface area contributed by atoms with E-state index >= 15 is 0 Å². The fourth-order valence-corrected chi connectivity index (χ4v) is 7.10. The number of hydrogen-bond acceptors (Lipinski definition) is 8. The van der Waals surface area contributed by atoms with E-state index in [0.717, 1.165) is 50.5 Å². The number of hydrogen-bond donors (Lipinski definition) is 1. The van der Waals surface area contributed by atoms with Crippen LogP contribution in [0, 0.1) is 5.92 Å². The Labute approximate surface area is 208 Å². The van der Waals surface area contributed by atoms with Crippen molar-refractivity contribution in [2.45, 2.75) is 87.9 Å².